The Morgan fingerprint density at radius 3 is 1.07 bits per heavy atom. The van der Waals surface area contributed by atoms with Crippen LogP contribution in [0.4, 0.5) is 4.11 Å². The smallest absolute Gasteiger partial charge is 0.307 e. The van der Waals surface area contributed by atoms with Crippen LogP contribution in [0, 0.1) is 0 Å². The summed E-state index contributed by atoms with van der Waals surface area (Å²) in [5.74, 6) is 0. The SMILES string of the molecule is CC(C)(C)N[Si](F)(C(C)(C)C)C(C)(C)C. The summed E-state index contributed by atoms with van der Waals surface area (Å²) in [5, 5.41) is -0.586. The lowest BCUT2D eigenvalue weighted by Crippen LogP contribution is -2.65. The monoisotopic (exact) mass is 233 g/mol. The standard InChI is InChI=1S/C12H28FNSi/c1-10(2,3)14-15(13,11(4,5)6)12(7,8)9/h14H,1-9H3. The quantitative estimate of drug-likeness (QED) is 0.523. The van der Waals surface area contributed by atoms with Crippen LogP contribution in [-0.4, -0.2) is 14.1 Å². The van der Waals surface area contributed by atoms with Crippen LogP contribution in [0.1, 0.15) is 62.3 Å². The largest absolute Gasteiger partial charge is 0.330 e. The maximum absolute atomic E-state index is 15.3. The molecule has 1 nitrogen and oxygen atoms in total. The Morgan fingerprint density at radius 2 is 1.00 bits per heavy atom. The molecule has 0 bridgehead atoms. The van der Waals surface area contributed by atoms with Crippen LogP contribution in [0.25, 0.3) is 0 Å². The van der Waals surface area contributed by atoms with Crippen molar-refractivity contribution in [2.24, 2.45) is 0 Å². The number of rotatable bonds is 1. The highest BCUT2D eigenvalue weighted by atomic mass is 28.4. The molecule has 0 radical (unpaired) electrons. The predicted molar refractivity (Wildman–Crippen MR) is 69.2 cm³/mol. The molecule has 0 amide bonds. The molecule has 1 N–H and O–H groups in total. The van der Waals surface area contributed by atoms with Gasteiger partial charge in [-0.25, -0.2) is 0 Å². The van der Waals surface area contributed by atoms with E-state index in [1.54, 1.807) is 0 Å². The summed E-state index contributed by atoms with van der Waals surface area (Å²) in [4.78, 5) is 3.28. The van der Waals surface area contributed by atoms with Crippen molar-refractivity contribution >= 4 is 8.57 Å². The maximum Gasteiger partial charge on any atom is 0.330 e. The molecule has 0 heterocycles. The van der Waals surface area contributed by atoms with E-state index in [9.17, 15) is 0 Å². The molecule has 0 aromatic rings. The van der Waals surface area contributed by atoms with Crippen molar-refractivity contribution in [3.63, 3.8) is 0 Å². The molecule has 0 aliphatic carbocycles. The van der Waals surface area contributed by atoms with Gasteiger partial charge in [-0.3, -0.25) is 4.11 Å². The van der Waals surface area contributed by atoms with Crippen molar-refractivity contribution in [1.82, 2.24) is 4.98 Å². The summed E-state index contributed by atoms with van der Waals surface area (Å²) in [6, 6.07) is 0. The van der Waals surface area contributed by atoms with E-state index in [0.29, 0.717) is 0 Å². The lowest BCUT2D eigenvalue weighted by Gasteiger charge is -2.48. The van der Waals surface area contributed by atoms with Gasteiger partial charge in [-0.2, -0.15) is 0 Å². The van der Waals surface area contributed by atoms with Gasteiger partial charge in [0.1, 0.15) is 0 Å². The summed E-state index contributed by atoms with van der Waals surface area (Å²) in [6.07, 6.45) is 0. The Kier molecular flexibility index (Phi) is 3.87. The second-order valence-electron chi connectivity index (χ2n) is 7.53. The normalized spacial score (nSPS) is 15.6. The molecule has 0 fully saturated rings. The zero-order valence-electron chi connectivity index (χ0n) is 11.9. The first-order chi connectivity index (χ1) is 6.21. The first-order valence-electron chi connectivity index (χ1n) is 5.69. The second kappa shape index (κ2) is 3.84. The third-order valence-electron chi connectivity index (χ3n) is 2.61. The van der Waals surface area contributed by atoms with Gasteiger partial charge in [-0.05, 0) is 30.8 Å². The van der Waals surface area contributed by atoms with E-state index in [1.165, 1.54) is 0 Å². The fraction of sp³-hybridized carbons (Fsp3) is 1.00. The van der Waals surface area contributed by atoms with Gasteiger partial charge >= 0.3 is 8.57 Å². The Bertz CT molecular complexity index is 203. The highest BCUT2D eigenvalue weighted by Crippen LogP contribution is 2.50. The Labute approximate surface area is 96.1 Å². The summed E-state index contributed by atoms with van der Waals surface area (Å²) < 4.78 is 15.3. The molecule has 0 atom stereocenters. The predicted octanol–water partition coefficient (Wildman–Crippen LogP) is 4.39. The van der Waals surface area contributed by atoms with Crippen LogP contribution >= 0.6 is 0 Å². The maximum atomic E-state index is 15.3. The molecule has 0 spiro atoms. The number of hydrogen-bond donors (Lipinski definition) is 1. The van der Waals surface area contributed by atoms with E-state index in [2.05, 4.69) is 4.98 Å². The molecule has 15 heavy (non-hydrogen) atoms. The topological polar surface area (TPSA) is 12.0 Å². The Hall–Kier alpha value is 0.107. The van der Waals surface area contributed by atoms with Crippen LogP contribution in [0.2, 0.25) is 10.1 Å². The molecular weight excluding hydrogens is 205 g/mol. The van der Waals surface area contributed by atoms with E-state index in [4.69, 9.17) is 0 Å². The van der Waals surface area contributed by atoms with Gasteiger partial charge in [0.15, 0.2) is 0 Å². The van der Waals surface area contributed by atoms with Crippen molar-refractivity contribution in [3.8, 4) is 0 Å². The molecule has 92 valence electrons. The lowest BCUT2D eigenvalue weighted by atomic mass is 10.1. The number of hydrogen-bond acceptors (Lipinski definition) is 1. The Morgan fingerprint density at radius 1 is 0.733 bits per heavy atom. The van der Waals surface area contributed by atoms with E-state index < -0.39 is 8.57 Å². The average molecular weight is 233 g/mol. The van der Waals surface area contributed by atoms with E-state index >= 15 is 4.11 Å². The molecular formula is C12H28FNSi. The Balaban J connectivity index is 5.26. The molecule has 0 rings (SSSR count). The fourth-order valence-electron chi connectivity index (χ4n) is 2.02. The van der Waals surface area contributed by atoms with Crippen molar-refractivity contribution in [2.75, 3.05) is 0 Å². The highest BCUT2D eigenvalue weighted by Gasteiger charge is 2.57. The van der Waals surface area contributed by atoms with E-state index in [1.807, 2.05) is 62.3 Å². The van der Waals surface area contributed by atoms with Gasteiger partial charge in [-0.1, -0.05) is 41.5 Å². The first-order valence-corrected chi connectivity index (χ1v) is 7.57. The number of halogens is 1. The van der Waals surface area contributed by atoms with Crippen molar-refractivity contribution < 1.29 is 4.11 Å². The zero-order chi connectivity index (χ0) is 12.7. The first kappa shape index (κ1) is 15.1. The van der Waals surface area contributed by atoms with Crippen molar-refractivity contribution in [3.05, 3.63) is 0 Å². The van der Waals surface area contributed by atoms with Crippen LogP contribution in [0.5, 0.6) is 0 Å². The van der Waals surface area contributed by atoms with Crippen LogP contribution in [-0.2, 0) is 0 Å². The van der Waals surface area contributed by atoms with E-state index in [-0.39, 0.29) is 15.6 Å². The summed E-state index contributed by atoms with van der Waals surface area (Å²) >= 11 is 0. The van der Waals surface area contributed by atoms with Gasteiger partial charge in [0.2, 0.25) is 0 Å². The minimum Gasteiger partial charge on any atom is -0.307 e. The molecule has 3 heteroatoms. The summed E-state index contributed by atoms with van der Waals surface area (Å²) in [6.45, 7) is 18.1. The molecule has 0 aliphatic heterocycles. The fourth-order valence-corrected chi connectivity index (χ4v) is 6.05. The van der Waals surface area contributed by atoms with Crippen molar-refractivity contribution in [2.45, 2.75) is 77.9 Å². The average Bonchev–Trinajstić information content (AvgIpc) is 1.77. The van der Waals surface area contributed by atoms with Gasteiger partial charge in [0, 0.05) is 5.54 Å². The highest BCUT2D eigenvalue weighted by molar-refractivity contribution is 6.76. The van der Waals surface area contributed by atoms with Crippen LogP contribution in [0.3, 0.4) is 0 Å². The number of nitrogens with one attached hydrogen (secondary N) is 1. The minimum atomic E-state index is -3.04. The molecule has 0 saturated heterocycles. The van der Waals surface area contributed by atoms with Gasteiger partial charge in [0.25, 0.3) is 0 Å². The molecule has 0 aliphatic rings. The molecule has 0 aromatic heterocycles. The minimum absolute atomic E-state index is 0.165. The van der Waals surface area contributed by atoms with Crippen molar-refractivity contribution in [1.29, 1.82) is 0 Å². The third-order valence-corrected chi connectivity index (χ3v) is 7.84. The third kappa shape index (κ3) is 3.56. The lowest BCUT2D eigenvalue weighted by molar-refractivity contribution is 0.410. The second-order valence-corrected chi connectivity index (χ2v) is 12.1. The van der Waals surface area contributed by atoms with Crippen LogP contribution < -0.4 is 4.98 Å². The van der Waals surface area contributed by atoms with Gasteiger partial charge in [-0.15, -0.1) is 0 Å². The van der Waals surface area contributed by atoms with Crippen LogP contribution in [0.15, 0.2) is 0 Å². The molecule has 0 aromatic carbocycles. The summed E-state index contributed by atoms with van der Waals surface area (Å²) in [7, 11) is -3.04. The summed E-state index contributed by atoms with van der Waals surface area (Å²) in [5.41, 5.74) is -0.165. The van der Waals surface area contributed by atoms with Gasteiger partial charge in [0.05, 0.1) is 0 Å². The van der Waals surface area contributed by atoms with Gasteiger partial charge < -0.3 is 4.98 Å². The van der Waals surface area contributed by atoms with E-state index in [0.717, 1.165) is 0 Å². The zero-order valence-corrected chi connectivity index (χ0v) is 12.9. The molecule has 0 unspecified atom stereocenters. The molecule has 0 saturated carbocycles.